The Morgan fingerprint density at radius 1 is 1.46 bits per heavy atom. The molecule has 2 N–H and O–H groups in total. The summed E-state index contributed by atoms with van der Waals surface area (Å²) < 4.78 is 1.78. The van der Waals surface area contributed by atoms with Crippen molar-refractivity contribution in [2.45, 2.75) is 44.6 Å². The first-order valence-corrected chi connectivity index (χ1v) is 8.32. The quantitative estimate of drug-likeness (QED) is 0.880. The Labute approximate surface area is 140 Å². The summed E-state index contributed by atoms with van der Waals surface area (Å²) in [5.74, 6) is 1.57. The average Bonchev–Trinajstić information content (AvgIpc) is 3.27. The Bertz CT molecular complexity index is 784. The molecule has 1 amide bonds. The van der Waals surface area contributed by atoms with E-state index in [4.69, 9.17) is 0 Å². The lowest BCUT2D eigenvalue weighted by atomic mass is 9.95. The molecule has 4 rings (SSSR count). The zero-order valence-corrected chi connectivity index (χ0v) is 13.9. The molecule has 7 nitrogen and oxygen atoms in total. The number of aromatic nitrogens is 4. The lowest BCUT2D eigenvalue weighted by Crippen LogP contribution is -2.46. The summed E-state index contributed by atoms with van der Waals surface area (Å²) >= 11 is 0. The molecule has 0 saturated heterocycles. The van der Waals surface area contributed by atoms with Crippen LogP contribution >= 0.6 is 0 Å². The Morgan fingerprint density at radius 3 is 3.00 bits per heavy atom. The molecular formula is C17H21N5O2. The fourth-order valence-corrected chi connectivity index (χ4v) is 3.49. The Morgan fingerprint density at radius 2 is 2.29 bits per heavy atom. The van der Waals surface area contributed by atoms with E-state index < -0.39 is 5.54 Å². The molecule has 0 aromatic carbocycles. The van der Waals surface area contributed by atoms with Crippen molar-refractivity contribution >= 4 is 5.91 Å². The number of rotatable bonds is 4. The van der Waals surface area contributed by atoms with Crippen LogP contribution in [0.5, 0.6) is 0 Å². The number of nitrogens with one attached hydrogen (secondary N) is 1. The van der Waals surface area contributed by atoms with Crippen molar-refractivity contribution in [3.05, 3.63) is 35.5 Å². The molecule has 0 radical (unpaired) electrons. The van der Waals surface area contributed by atoms with Gasteiger partial charge in [-0.1, -0.05) is 0 Å². The third-order valence-corrected chi connectivity index (χ3v) is 4.89. The fourth-order valence-electron chi connectivity index (χ4n) is 3.49. The molecule has 0 aliphatic heterocycles. The van der Waals surface area contributed by atoms with Crippen molar-refractivity contribution in [1.29, 1.82) is 0 Å². The second-order valence-corrected chi connectivity index (χ2v) is 7.32. The van der Waals surface area contributed by atoms with Gasteiger partial charge in [0.2, 0.25) is 0 Å². The van der Waals surface area contributed by atoms with Gasteiger partial charge in [0.15, 0.2) is 11.5 Å². The number of carbonyl (C=O) groups excluding carboxylic acids is 1. The topological polar surface area (TPSA) is 92.9 Å². The molecule has 2 heterocycles. The van der Waals surface area contributed by atoms with Crippen molar-refractivity contribution in [2.24, 2.45) is 5.92 Å². The molecule has 2 aliphatic rings. The van der Waals surface area contributed by atoms with E-state index in [-0.39, 0.29) is 12.5 Å². The molecule has 0 spiro atoms. The molecule has 24 heavy (non-hydrogen) atoms. The first-order valence-electron chi connectivity index (χ1n) is 8.32. The van der Waals surface area contributed by atoms with Crippen LogP contribution in [0.15, 0.2) is 18.6 Å². The highest BCUT2D eigenvalue weighted by atomic mass is 16.3. The molecule has 2 aromatic heterocycles. The first-order chi connectivity index (χ1) is 11.5. The predicted molar refractivity (Wildman–Crippen MR) is 87.0 cm³/mol. The largest absolute Gasteiger partial charge is 0.394 e. The molecule has 1 fully saturated rings. The smallest absolute Gasteiger partial charge is 0.272 e. The van der Waals surface area contributed by atoms with Crippen molar-refractivity contribution in [2.75, 3.05) is 6.61 Å². The molecular weight excluding hydrogens is 306 g/mol. The highest BCUT2D eigenvalue weighted by Gasteiger charge is 2.47. The van der Waals surface area contributed by atoms with Gasteiger partial charge in [-0.15, -0.1) is 0 Å². The van der Waals surface area contributed by atoms with Crippen LogP contribution in [-0.2, 0) is 6.42 Å². The van der Waals surface area contributed by atoms with E-state index in [1.807, 2.05) is 0 Å². The summed E-state index contributed by atoms with van der Waals surface area (Å²) in [5.41, 5.74) is 1.89. The van der Waals surface area contributed by atoms with Gasteiger partial charge in [-0.2, -0.15) is 5.10 Å². The van der Waals surface area contributed by atoms with E-state index in [1.165, 1.54) is 0 Å². The van der Waals surface area contributed by atoms with Gasteiger partial charge in [0.25, 0.3) is 5.91 Å². The van der Waals surface area contributed by atoms with Gasteiger partial charge in [0, 0.05) is 23.9 Å². The van der Waals surface area contributed by atoms with Gasteiger partial charge in [0.05, 0.1) is 24.0 Å². The number of amides is 1. The third kappa shape index (κ3) is 2.49. The molecule has 2 aromatic rings. The van der Waals surface area contributed by atoms with Crippen molar-refractivity contribution in [3.8, 4) is 5.82 Å². The standard InChI is InChI=1S/C17H21N5O2/c1-17(2,9-23)20-16(24)14-11-4-3-10-7-12(10)15(11)22(21-14)13-8-18-5-6-19-13/h5-6,8,10,12,23H,3-4,7,9H2,1-2H3,(H,20,24). The monoisotopic (exact) mass is 327 g/mol. The molecule has 2 aliphatic carbocycles. The van der Waals surface area contributed by atoms with Gasteiger partial charge >= 0.3 is 0 Å². The average molecular weight is 327 g/mol. The lowest BCUT2D eigenvalue weighted by Gasteiger charge is -2.23. The van der Waals surface area contributed by atoms with E-state index >= 15 is 0 Å². The Kier molecular flexibility index (Phi) is 3.42. The second-order valence-electron chi connectivity index (χ2n) is 7.32. The number of hydrogen-bond donors (Lipinski definition) is 2. The van der Waals surface area contributed by atoms with Crippen LogP contribution < -0.4 is 5.32 Å². The Hall–Kier alpha value is -2.28. The van der Waals surface area contributed by atoms with Crippen molar-refractivity contribution in [3.63, 3.8) is 0 Å². The minimum atomic E-state index is -0.683. The van der Waals surface area contributed by atoms with E-state index in [0.29, 0.717) is 23.3 Å². The number of nitrogens with zero attached hydrogens (tertiary/aromatic N) is 4. The van der Waals surface area contributed by atoms with Gasteiger partial charge in [-0.05, 0) is 39.0 Å². The first kappa shape index (κ1) is 15.3. The summed E-state index contributed by atoms with van der Waals surface area (Å²) in [6.45, 7) is 3.44. The number of hydrogen-bond acceptors (Lipinski definition) is 5. The third-order valence-electron chi connectivity index (χ3n) is 4.89. The van der Waals surface area contributed by atoms with E-state index in [0.717, 1.165) is 30.5 Å². The second kappa shape index (κ2) is 5.37. The van der Waals surface area contributed by atoms with Gasteiger partial charge in [0.1, 0.15) is 0 Å². The van der Waals surface area contributed by atoms with Crippen LogP contribution in [0, 0.1) is 5.92 Å². The minimum absolute atomic E-state index is 0.128. The maximum atomic E-state index is 12.7. The van der Waals surface area contributed by atoms with Crippen molar-refractivity contribution < 1.29 is 9.90 Å². The number of fused-ring (bicyclic) bond motifs is 3. The fraction of sp³-hybridized carbons (Fsp3) is 0.529. The highest BCUT2D eigenvalue weighted by molar-refractivity contribution is 5.94. The van der Waals surface area contributed by atoms with Crippen LogP contribution in [-0.4, -0.2) is 42.9 Å². The van der Waals surface area contributed by atoms with Crippen LogP contribution in [0.3, 0.4) is 0 Å². The highest BCUT2D eigenvalue weighted by Crippen LogP contribution is 2.55. The summed E-state index contributed by atoms with van der Waals surface area (Å²) in [5, 5.41) is 16.8. The lowest BCUT2D eigenvalue weighted by molar-refractivity contribution is 0.0862. The summed E-state index contributed by atoms with van der Waals surface area (Å²) in [4.78, 5) is 21.2. The summed E-state index contributed by atoms with van der Waals surface area (Å²) in [7, 11) is 0. The molecule has 1 saturated carbocycles. The molecule has 7 heteroatoms. The van der Waals surface area contributed by atoms with Crippen LogP contribution in [0.2, 0.25) is 0 Å². The molecule has 2 atom stereocenters. The van der Waals surface area contributed by atoms with E-state index in [9.17, 15) is 9.90 Å². The molecule has 2 unspecified atom stereocenters. The SMILES string of the molecule is CC(C)(CO)NC(=O)c1nn(-c2cnccn2)c2c1CCC1CC21. The number of aliphatic hydroxyl groups is 1. The maximum absolute atomic E-state index is 12.7. The normalized spacial score (nSPS) is 21.8. The van der Waals surface area contributed by atoms with Gasteiger partial charge in [-0.25, -0.2) is 9.67 Å². The van der Waals surface area contributed by atoms with Gasteiger partial charge in [-0.3, -0.25) is 9.78 Å². The maximum Gasteiger partial charge on any atom is 0.272 e. The molecule has 0 bridgehead atoms. The zero-order valence-electron chi connectivity index (χ0n) is 13.9. The zero-order chi connectivity index (χ0) is 16.9. The number of carbonyl (C=O) groups is 1. The van der Waals surface area contributed by atoms with Crippen molar-refractivity contribution in [1.82, 2.24) is 25.1 Å². The van der Waals surface area contributed by atoms with Crippen LogP contribution in [0.25, 0.3) is 5.82 Å². The van der Waals surface area contributed by atoms with Crippen LogP contribution in [0.4, 0.5) is 0 Å². The summed E-state index contributed by atoms with van der Waals surface area (Å²) in [6.07, 6.45) is 8.04. The van der Waals surface area contributed by atoms with E-state index in [2.05, 4.69) is 20.4 Å². The summed E-state index contributed by atoms with van der Waals surface area (Å²) in [6, 6.07) is 0. The van der Waals surface area contributed by atoms with E-state index in [1.54, 1.807) is 37.1 Å². The predicted octanol–water partition coefficient (Wildman–Crippen LogP) is 1.21. The minimum Gasteiger partial charge on any atom is -0.394 e. The van der Waals surface area contributed by atoms with Gasteiger partial charge < -0.3 is 10.4 Å². The molecule has 126 valence electrons. The van der Waals surface area contributed by atoms with Crippen LogP contribution in [0.1, 0.15) is 54.4 Å². The Balaban J connectivity index is 1.77. The number of aliphatic hydroxyl groups excluding tert-OH is 1.